The van der Waals surface area contributed by atoms with Gasteiger partial charge in [-0.15, -0.1) is 0 Å². The van der Waals surface area contributed by atoms with Crippen molar-refractivity contribution in [3.8, 4) is 11.5 Å². The number of benzene rings is 2. The standard InChI is InChI=1S/C15H10BrFN2O/c16-11-8-9(17)3-5-13(11)20-14-6-4-12-10(15(14)18)2-1-7-19-12/h1-8H,18H2. The third-order valence-electron chi connectivity index (χ3n) is 2.90. The van der Waals surface area contributed by atoms with Crippen LogP contribution < -0.4 is 10.5 Å². The van der Waals surface area contributed by atoms with Crippen molar-refractivity contribution in [2.24, 2.45) is 0 Å². The largest absolute Gasteiger partial charge is 0.454 e. The lowest BCUT2D eigenvalue weighted by Gasteiger charge is -2.11. The van der Waals surface area contributed by atoms with Crippen molar-refractivity contribution in [3.05, 3.63) is 59.0 Å². The SMILES string of the molecule is Nc1c(Oc2ccc(F)cc2Br)ccc2ncccc12. The van der Waals surface area contributed by atoms with Gasteiger partial charge >= 0.3 is 0 Å². The minimum atomic E-state index is -0.333. The van der Waals surface area contributed by atoms with Crippen molar-refractivity contribution in [3.63, 3.8) is 0 Å². The number of pyridine rings is 1. The molecule has 0 aliphatic carbocycles. The first-order valence-corrected chi connectivity index (χ1v) is 6.70. The Morgan fingerprint density at radius 2 is 1.90 bits per heavy atom. The van der Waals surface area contributed by atoms with Gasteiger partial charge < -0.3 is 10.5 Å². The highest BCUT2D eigenvalue weighted by Gasteiger charge is 2.09. The van der Waals surface area contributed by atoms with Crippen molar-refractivity contribution in [1.29, 1.82) is 0 Å². The van der Waals surface area contributed by atoms with Crippen LogP contribution in [0.3, 0.4) is 0 Å². The number of anilines is 1. The molecule has 0 radical (unpaired) electrons. The first-order chi connectivity index (χ1) is 9.65. The monoisotopic (exact) mass is 332 g/mol. The van der Waals surface area contributed by atoms with Gasteiger partial charge in [0.2, 0.25) is 0 Å². The van der Waals surface area contributed by atoms with E-state index in [1.165, 1.54) is 12.1 Å². The summed E-state index contributed by atoms with van der Waals surface area (Å²) >= 11 is 3.26. The lowest BCUT2D eigenvalue weighted by Crippen LogP contribution is -1.95. The lowest BCUT2D eigenvalue weighted by molar-refractivity contribution is 0.480. The van der Waals surface area contributed by atoms with E-state index in [0.29, 0.717) is 21.7 Å². The molecule has 20 heavy (non-hydrogen) atoms. The molecule has 0 saturated carbocycles. The van der Waals surface area contributed by atoms with E-state index in [-0.39, 0.29) is 5.82 Å². The quantitative estimate of drug-likeness (QED) is 0.702. The Balaban J connectivity index is 2.04. The summed E-state index contributed by atoms with van der Waals surface area (Å²) in [6.07, 6.45) is 1.71. The molecule has 1 heterocycles. The van der Waals surface area contributed by atoms with Gasteiger partial charge in [0.25, 0.3) is 0 Å². The average molecular weight is 333 g/mol. The fourth-order valence-electron chi connectivity index (χ4n) is 1.92. The fourth-order valence-corrected chi connectivity index (χ4v) is 2.35. The van der Waals surface area contributed by atoms with E-state index in [4.69, 9.17) is 10.5 Å². The molecule has 0 aliphatic rings. The van der Waals surface area contributed by atoms with E-state index >= 15 is 0 Å². The van der Waals surface area contributed by atoms with Crippen LogP contribution in [0.25, 0.3) is 10.9 Å². The third-order valence-corrected chi connectivity index (χ3v) is 3.52. The number of rotatable bonds is 2. The van der Waals surface area contributed by atoms with Crippen molar-refractivity contribution in [2.75, 3.05) is 5.73 Å². The predicted octanol–water partition coefficient (Wildman–Crippen LogP) is 4.51. The summed E-state index contributed by atoms with van der Waals surface area (Å²) in [5, 5.41) is 0.822. The number of fused-ring (bicyclic) bond motifs is 1. The zero-order valence-corrected chi connectivity index (χ0v) is 11.9. The van der Waals surface area contributed by atoms with Crippen LogP contribution in [0.1, 0.15) is 0 Å². The Bertz CT molecular complexity index is 792. The predicted molar refractivity (Wildman–Crippen MR) is 80.3 cm³/mol. The molecule has 0 amide bonds. The van der Waals surface area contributed by atoms with E-state index in [1.807, 2.05) is 18.2 Å². The Hall–Kier alpha value is -2.14. The van der Waals surface area contributed by atoms with Crippen molar-refractivity contribution < 1.29 is 9.13 Å². The molecule has 100 valence electrons. The van der Waals surface area contributed by atoms with Crippen molar-refractivity contribution in [1.82, 2.24) is 4.98 Å². The molecule has 5 heteroatoms. The molecule has 3 nitrogen and oxygen atoms in total. The minimum absolute atomic E-state index is 0.333. The van der Waals surface area contributed by atoms with Gasteiger partial charge in [0.05, 0.1) is 15.7 Å². The van der Waals surface area contributed by atoms with Crippen molar-refractivity contribution in [2.45, 2.75) is 0 Å². The number of hydrogen-bond acceptors (Lipinski definition) is 3. The summed E-state index contributed by atoms with van der Waals surface area (Å²) in [5.41, 5.74) is 7.40. The minimum Gasteiger partial charge on any atom is -0.454 e. The molecule has 2 N–H and O–H groups in total. The molecule has 0 spiro atoms. The van der Waals surface area contributed by atoms with Gasteiger partial charge in [-0.05, 0) is 58.4 Å². The van der Waals surface area contributed by atoms with Crippen molar-refractivity contribution >= 4 is 32.5 Å². The molecular formula is C15H10BrFN2O. The van der Waals surface area contributed by atoms with Gasteiger partial charge in [0, 0.05) is 11.6 Å². The Morgan fingerprint density at radius 3 is 2.70 bits per heavy atom. The van der Waals surface area contributed by atoms with E-state index in [9.17, 15) is 4.39 Å². The molecule has 1 aromatic heterocycles. The van der Waals surface area contributed by atoms with Crippen LogP contribution in [0.2, 0.25) is 0 Å². The fraction of sp³-hybridized carbons (Fsp3) is 0. The van der Waals surface area contributed by atoms with Gasteiger partial charge in [-0.1, -0.05) is 0 Å². The second kappa shape index (κ2) is 5.09. The third kappa shape index (κ3) is 2.32. The molecule has 0 aliphatic heterocycles. The number of nitrogens with zero attached hydrogens (tertiary/aromatic N) is 1. The van der Waals surface area contributed by atoms with E-state index in [1.54, 1.807) is 18.3 Å². The maximum Gasteiger partial charge on any atom is 0.151 e. The smallest absolute Gasteiger partial charge is 0.151 e. The molecule has 0 bridgehead atoms. The maximum atomic E-state index is 13.1. The summed E-state index contributed by atoms with van der Waals surface area (Å²) in [6.45, 7) is 0. The van der Waals surface area contributed by atoms with Gasteiger partial charge in [0.15, 0.2) is 5.75 Å². The summed E-state index contributed by atoms with van der Waals surface area (Å²) in [5.74, 6) is 0.680. The Kier molecular flexibility index (Phi) is 3.28. The average Bonchev–Trinajstić information content (AvgIpc) is 2.45. The molecule has 0 unspecified atom stereocenters. The maximum absolute atomic E-state index is 13.1. The topological polar surface area (TPSA) is 48.1 Å². The first kappa shape index (κ1) is 12.9. The Labute approximate surface area is 123 Å². The second-order valence-corrected chi connectivity index (χ2v) is 5.08. The molecular weight excluding hydrogens is 323 g/mol. The molecule has 0 atom stereocenters. The zero-order chi connectivity index (χ0) is 14.1. The zero-order valence-electron chi connectivity index (χ0n) is 10.3. The molecule has 0 fully saturated rings. The highest BCUT2D eigenvalue weighted by atomic mass is 79.9. The van der Waals surface area contributed by atoms with E-state index in [0.717, 1.165) is 10.9 Å². The first-order valence-electron chi connectivity index (χ1n) is 5.91. The van der Waals surface area contributed by atoms with Crippen LogP contribution in [0.4, 0.5) is 10.1 Å². The van der Waals surface area contributed by atoms with Crippen LogP contribution in [-0.4, -0.2) is 4.98 Å². The van der Waals surface area contributed by atoms with E-state index in [2.05, 4.69) is 20.9 Å². The molecule has 2 aromatic carbocycles. The number of aromatic nitrogens is 1. The van der Waals surface area contributed by atoms with Gasteiger partial charge in [0.1, 0.15) is 11.6 Å². The van der Waals surface area contributed by atoms with Crippen LogP contribution in [0.5, 0.6) is 11.5 Å². The lowest BCUT2D eigenvalue weighted by atomic mass is 10.1. The summed E-state index contributed by atoms with van der Waals surface area (Å²) in [6, 6.07) is 11.5. The van der Waals surface area contributed by atoms with Gasteiger partial charge in [-0.25, -0.2) is 4.39 Å². The number of nitrogen functional groups attached to an aromatic ring is 1. The van der Waals surface area contributed by atoms with Crippen LogP contribution in [0.15, 0.2) is 53.1 Å². The van der Waals surface area contributed by atoms with Crippen LogP contribution in [0, 0.1) is 5.82 Å². The van der Waals surface area contributed by atoms with Gasteiger partial charge in [-0.3, -0.25) is 4.98 Å². The van der Waals surface area contributed by atoms with Crippen LogP contribution in [-0.2, 0) is 0 Å². The van der Waals surface area contributed by atoms with Gasteiger partial charge in [-0.2, -0.15) is 0 Å². The number of hydrogen-bond donors (Lipinski definition) is 1. The summed E-state index contributed by atoms with van der Waals surface area (Å²) in [4.78, 5) is 4.22. The second-order valence-electron chi connectivity index (χ2n) is 4.22. The highest BCUT2D eigenvalue weighted by molar-refractivity contribution is 9.10. The molecule has 3 aromatic rings. The normalized spacial score (nSPS) is 10.7. The summed E-state index contributed by atoms with van der Waals surface area (Å²) in [7, 11) is 0. The molecule has 0 saturated heterocycles. The number of halogens is 2. The van der Waals surface area contributed by atoms with E-state index < -0.39 is 0 Å². The summed E-state index contributed by atoms with van der Waals surface area (Å²) < 4.78 is 19.3. The Morgan fingerprint density at radius 1 is 1.10 bits per heavy atom. The number of nitrogens with two attached hydrogens (primary N) is 1. The number of ether oxygens (including phenoxy) is 1. The highest BCUT2D eigenvalue weighted by Crippen LogP contribution is 2.36. The van der Waals surface area contributed by atoms with Crippen LogP contribution >= 0.6 is 15.9 Å². The molecule has 3 rings (SSSR count).